The Labute approximate surface area is 56.3 Å². The molecule has 0 radical (unpaired) electrons. The molecule has 0 saturated heterocycles. The molecule has 0 aromatic heterocycles. The molecule has 0 heterocycles. The van der Waals surface area contributed by atoms with Crippen LogP contribution in [0.2, 0.25) is 0 Å². The lowest BCUT2D eigenvalue weighted by Gasteiger charge is -1.95. The SMILES string of the molecule is N#CC[C@@H](O)CI. The van der Waals surface area contributed by atoms with E-state index in [1.807, 2.05) is 28.7 Å². The molecule has 40 valence electrons. The first kappa shape index (κ1) is 7.18. The van der Waals surface area contributed by atoms with E-state index in [2.05, 4.69) is 0 Å². The number of halogens is 1. The number of nitriles is 1. The third-order valence-corrected chi connectivity index (χ3v) is 1.52. The molecule has 0 aromatic rings. The Hall–Kier alpha value is 0.180. The summed E-state index contributed by atoms with van der Waals surface area (Å²) in [7, 11) is 0. The van der Waals surface area contributed by atoms with Gasteiger partial charge in [0.05, 0.1) is 18.6 Å². The summed E-state index contributed by atoms with van der Waals surface area (Å²) in [5.74, 6) is 0. The van der Waals surface area contributed by atoms with Gasteiger partial charge in [0.25, 0.3) is 0 Å². The summed E-state index contributed by atoms with van der Waals surface area (Å²) in [5.41, 5.74) is 0. The van der Waals surface area contributed by atoms with Crippen molar-refractivity contribution in [2.75, 3.05) is 4.43 Å². The van der Waals surface area contributed by atoms with Crippen LogP contribution in [0.5, 0.6) is 0 Å². The molecule has 0 aromatic carbocycles. The summed E-state index contributed by atoms with van der Waals surface area (Å²) in [5, 5.41) is 16.6. The van der Waals surface area contributed by atoms with E-state index in [0.29, 0.717) is 4.43 Å². The average molecular weight is 211 g/mol. The van der Waals surface area contributed by atoms with Crippen molar-refractivity contribution >= 4 is 22.6 Å². The van der Waals surface area contributed by atoms with Gasteiger partial charge in [0.1, 0.15) is 0 Å². The van der Waals surface area contributed by atoms with Crippen LogP contribution in [0.15, 0.2) is 0 Å². The molecule has 0 bridgehead atoms. The Kier molecular flexibility index (Phi) is 4.45. The second-order valence-electron chi connectivity index (χ2n) is 1.17. The van der Waals surface area contributed by atoms with Crippen molar-refractivity contribution in [2.45, 2.75) is 12.5 Å². The monoisotopic (exact) mass is 211 g/mol. The first-order valence-electron chi connectivity index (χ1n) is 1.92. The van der Waals surface area contributed by atoms with E-state index in [4.69, 9.17) is 10.4 Å². The number of rotatable bonds is 2. The molecule has 1 atom stereocenters. The van der Waals surface area contributed by atoms with Crippen LogP contribution in [-0.4, -0.2) is 15.6 Å². The standard InChI is InChI=1S/C4H6INO/c5-3-4(7)1-2-6/h4,7H,1,3H2/t4-/m1/s1. The van der Waals surface area contributed by atoms with Crippen molar-refractivity contribution in [2.24, 2.45) is 0 Å². The van der Waals surface area contributed by atoms with Crippen LogP contribution in [0.25, 0.3) is 0 Å². The van der Waals surface area contributed by atoms with Gasteiger partial charge in [-0.15, -0.1) is 0 Å². The van der Waals surface area contributed by atoms with Crippen LogP contribution in [0.4, 0.5) is 0 Å². The van der Waals surface area contributed by atoms with E-state index in [1.165, 1.54) is 0 Å². The Morgan fingerprint density at radius 3 is 2.57 bits per heavy atom. The van der Waals surface area contributed by atoms with E-state index in [9.17, 15) is 0 Å². The summed E-state index contributed by atoms with van der Waals surface area (Å²) in [6, 6.07) is 1.86. The van der Waals surface area contributed by atoms with Gasteiger partial charge in [0.2, 0.25) is 0 Å². The van der Waals surface area contributed by atoms with Crippen LogP contribution in [0, 0.1) is 11.3 Å². The Balaban J connectivity index is 3.03. The Morgan fingerprint density at radius 1 is 1.86 bits per heavy atom. The van der Waals surface area contributed by atoms with E-state index >= 15 is 0 Å². The van der Waals surface area contributed by atoms with Crippen molar-refractivity contribution in [3.63, 3.8) is 0 Å². The minimum atomic E-state index is -0.425. The van der Waals surface area contributed by atoms with Gasteiger partial charge in [-0.05, 0) is 0 Å². The van der Waals surface area contributed by atoms with Crippen LogP contribution in [0.1, 0.15) is 6.42 Å². The molecule has 0 fully saturated rings. The highest BCUT2D eigenvalue weighted by atomic mass is 127. The molecule has 0 unspecified atom stereocenters. The predicted octanol–water partition coefficient (Wildman–Crippen LogP) is 0.696. The smallest absolute Gasteiger partial charge is 0.0759 e. The quantitative estimate of drug-likeness (QED) is 0.539. The minimum absolute atomic E-state index is 0.253. The zero-order chi connectivity index (χ0) is 5.70. The minimum Gasteiger partial charge on any atom is -0.391 e. The van der Waals surface area contributed by atoms with Crippen LogP contribution >= 0.6 is 22.6 Å². The van der Waals surface area contributed by atoms with Gasteiger partial charge in [-0.3, -0.25) is 0 Å². The largest absolute Gasteiger partial charge is 0.391 e. The van der Waals surface area contributed by atoms with E-state index in [1.54, 1.807) is 0 Å². The number of alkyl halides is 1. The molecule has 0 saturated carbocycles. The second-order valence-corrected chi connectivity index (χ2v) is 2.05. The fourth-order valence-corrected chi connectivity index (χ4v) is 0.471. The number of aliphatic hydroxyl groups is 1. The highest BCUT2D eigenvalue weighted by molar-refractivity contribution is 14.1. The summed E-state index contributed by atoms with van der Waals surface area (Å²) in [6.45, 7) is 0. The van der Waals surface area contributed by atoms with Gasteiger partial charge < -0.3 is 5.11 Å². The molecule has 1 N–H and O–H groups in total. The van der Waals surface area contributed by atoms with Crippen molar-refractivity contribution in [1.82, 2.24) is 0 Å². The molecular formula is C4H6INO. The summed E-state index contributed by atoms with van der Waals surface area (Å²) < 4.78 is 0.644. The third kappa shape index (κ3) is 4.02. The summed E-state index contributed by atoms with van der Waals surface area (Å²) in [4.78, 5) is 0. The van der Waals surface area contributed by atoms with Crippen molar-refractivity contribution in [3.8, 4) is 6.07 Å². The molecule has 7 heavy (non-hydrogen) atoms. The summed E-state index contributed by atoms with van der Waals surface area (Å²) >= 11 is 2.04. The lowest BCUT2D eigenvalue weighted by Crippen LogP contribution is -2.04. The third-order valence-electron chi connectivity index (χ3n) is 0.505. The molecule has 0 spiro atoms. The van der Waals surface area contributed by atoms with Gasteiger partial charge in [-0.25, -0.2) is 0 Å². The molecule has 0 rings (SSSR count). The maximum absolute atomic E-state index is 8.63. The van der Waals surface area contributed by atoms with Crippen molar-refractivity contribution in [1.29, 1.82) is 5.26 Å². The Morgan fingerprint density at radius 2 is 2.43 bits per heavy atom. The number of hydrogen-bond donors (Lipinski definition) is 1. The Bertz CT molecular complexity index is 78.2. The molecule has 0 aliphatic carbocycles. The topological polar surface area (TPSA) is 44.0 Å². The van der Waals surface area contributed by atoms with E-state index in [-0.39, 0.29) is 6.42 Å². The van der Waals surface area contributed by atoms with Crippen molar-refractivity contribution in [3.05, 3.63) is 0 Å². The van der Waals surface area contributed by atoms with Crippen LogP contribution < -0.4 is 0 Å². The van der Waals surface area contributed by atoms with Crippen molar-refractivity contribution < 1.29 is 5.11 Å². The first-order valence-corrected chi connectivity index (χ1v) is 3.44. The maximum Gasteiger partial charge on any atom is 0.0759 e. The van der Waals surface area contributed by atoms with Gasteiger partial charge in [0.15, 0.2) is 0 Å². The highest BCUT2D eigenvalue weighted by Crippen LogP contribution is 1.93. The van der Waals surface area contributed by atoms with E-state index in [0.717, 1.165) is 0 Å². The zero-order valence-corrected chi connectivity index (χ0v) is 5.92. The first-order chi connectivity index (χ1) is 3.31. The zero-order valence-electron chi connectivity index (χ0n) is 3.76. The summed E-state index contributed by atoms with van der Waals surface area (Å²) in [6.07, 6.45) is -0.172. The maximum atomic E-state index is 8.63. The second kappa shape index (κ2) is 4.34. The number of nitrogens with zero attached hydrogens (tertiary/aromatic N) is 1. The highest BCUT2D eigenvalue weighted by Gasteiger charge is 1.96. The molecule has 2 nitrogen and oxygen atoms in total. The molecular weight excluding hydrogens is 205 g/mol. The van der Waals surface area contributed by atoms with Crippen LogP contribution in [-0.2, 0) is 0 Å². The lowest BCUT2D eigenvalue weighted by molar-refractivity contribution is 0.208. The number of hydrogen-bond acceptors (Lipinski definition) is 2. The van der Waals surface area contributed by atoms with Gasteiger partial charge >= 0.3 is 0 Å². The fourth-order valence-electron chi connectivity index (χ4n) is 0.160. The lowest BCUT2D eigenvalue weighted by atomic mass is 10.3. The van der Waals surface area contributed by atoms with Gasteiger partial charge in [-0.1, -0.05) is 22.6 Å². The van der Waals surface area contributed by atoms with Gasteiger partial charge in [-0.2, -0.15) is 5.26 Å². The predicted molar refractivity (Wildman–Crippen MR) is 35.1 cm³/mol. The normalized spacial score (nSPS) is 12.7. The molecule has 0 aliphatic heterocycles. The van der Waals surface area contributed by atoms with Crippen LogP contribution in [0.3, 0.4) is 0 Å². The molecule has 3 heteroatoms. The average Bonchev–Trinajstić information content (AvgIpc) is 1.68. The molecule has 0 amide bonds. The molecule has 0 aliphatic rings. The fraction of sp³-hybridized carbons (Fsp3) is 0.750. The number of aliphatic hydroxyl groups excluding tert-OH is 1. The van der Waals surface area contributed by atoms with E-state index < -0.39 is 6.10 Å². The van der Waals surface area contributed by atoms with Gasteiger partial charge in [0, 0.05) is 4.43 Å².